The molecule has 4 nitrogen and oxygen atoms in total. The number of imidazole rings is 1. The van der Waals surface area contributed by atoms with E-state index >= 15 is 0 Å². The van der Waals surface area contributed by atoms with Crippen LogP contribution in [-0.4, -0.2) is 15.6 Å². The van der Waals surface area contributed by atoms with Crippen LogP contribution >= 0.6 is 0 Å². The summed E-state index contributed by atoms with van der Waals surface area (Å²) in [5, 5.41) is 0. The molecule has 2 aromatic carbocycles. The Balaban J connectivity index is 1.75. The first-order chi connectivity index (χ1) is 9.74. The number of carbonyl (C=O) groups is 1. The van der Waals surface area contributed by atoms with Crippen molar-refractivity contribution in [3.05, 3.63) is 66.0 Å². The molecule has 0 aliphatic carbocycles. The zero-order valence-electron chi connectivity index (χ0n) is 11.1. The largest absolute Gasteiger partial charge is 0.444 e. The average molecular weight is 266 g/mol. The summed E-state index contributed by atoms with van der Waals surface area (Å²) in [5.41, 5.74) is 3.68. The molecule has 0 aliphatic rings. The number of nitrogens with zero attached hydrogens (tertiary/aromatic N) is 2. The van der Waals surface area contributed by atoms with E-state index in [9.17, 15) is 4.79 Å². The van der Waals surface area contributed by atoms with Gasteiger partial charge in [-0.3, -0.25) is 0 Å². The lowest BCUT2D eigenvalue weighted by molar-refractivity contribution is 0.142. The molecule has 3 aromatic rings. The number of fused-ring (bicyclic) bond motifs is 1. The summed E-state index contributed by atoms with van der Waals surface area (Å²) >= 11 is 0. The van der Waals surface area contributed by atoms with Gasteiger partial charge in [-0.15, -0.1) is 0 Å². The fourth-order valence-corrected chi connectivity index (χ4v) is 2.00. The van der Waals surface area contributed by atoms with Crippen LogP contribution in [0.15, 0.2) is 54.9 Å². The van der Waals surface area contributed by atoms with Crippen molar-refractivity contribution in [1.82, 2.24) is 9.55 Å². The van der Waals surface area contributed by atoms with Gasteiger partial charge in [-0.25, -0.2) is 14.3 Å². The second kappa shape index (κ2) is 5.17. The molecule has 0 spiro atoms. The minimum atomic E-state index is -0.417. The van der Waals surface area contributed by atoms with Gasteiger partial charge >= 0.3 is 6.09 Å². The summed E-state index contributed by atoms with van der Waals surface area (Å²) in [6.45, 7) is 2.28. The van der Waals surface area contributed by atoms with Crippen molar-refractivity contribution in [2.24, 2.45) is 0 Å². The molecule has 4 heteroatoms. The van der Waals surface area contributed by atoms with Gasteiger partial charge in [0.05, 0.1) is 11.0 Å². The highest BCUT2D eigenvalue weighted by Gasteiger charge is 2.10. The highest BCUT2D eigenvalue weighted by molar-refractivity contribution is 5.86. The smallest absolute Gasteiger partial charge is 0.420 e. The number of rotatable bonds is 2. The van der Waals surface area contributed by atoms with E-state index in [1.807, 2.05) is 55.5 Å². The van der Waals surface area contributed by atoms with Crippen molar-refractivity contribution >= 4 is 17.1 Å². The number of aromatic nitrogens is 2. The van der Waals surface area contributed by atoms with Crippen LogP contribution in [0.5, 0.6) is 0 Å². The second-order valence-corrected chi connectivity index (χ2v) is 4.64. The molecular weight excluding hydrogens is 252 g/mol. The molecule has 1 aromatic heterocycles. The Bertz CT molecular complexity index is 745. The Hall–Kier alpha value is -2.62. The molecular formula is C16H14N2O2. The lowest BCUT2D eigenvalue weighted by atomic mass is 10.2. The van der Waals surface area contributed by atoms with E-state index in [1.54, 1.807) is 0 Å². The number of para-hydroxylation sites is 2. The molecule has 3 rings (SSSR count). The maximum atomic E-state index is 12.1. The van der Waals surface area contributed by atoms with Gasteiger partial charge in [-0.05, 0) is 24.6 Å². The molecule has 0 bridgehead atoms. The summed E-state index contributed by atoms with van der Waals surface area (Å²) in [6.07, 6.45) is 1.07. The lowest BCUT2D eigenvalue weighted by Gasteiger charge is -2.06. The summed E-state index contributed by atoms with van der Waals surface area (Å²) < 4.78 is 6.72. The second-order valence-electron chi connectivity index (χ2n) is 4.64. The third-order valence-electron chi connectivity index (χ3n) is 3.13. The fourth-order valence-electron chi connectivity index (χ4n) is 2.00. The van der Waals surface area contributed by atoms with Crippen molar-refractivity contribution < 1.29 is 9.53 Å². The van der Waals surface area contributed by atoms with E-state index in [0.717, 1.165) is 16.6 Å². The number of carbonyl (C=O) groups excluding carboxylic acids is 1. The minimum absolute atomic E-state index is 0.256. The molecule has 0 fully saturated rings. The van der Waals surface area contributed by atoms with Crippen LogP contribution in [0.3, 0.4) is 0 Å². The van der Waals surface area contributed by atoms with E-state index in [4.69, 9.17) is 4.74 Å². The Morgan fingerprint density at radius 2 is 1.90 bits per heavy atom. The number of aryl methyl sites for hydroxylation is 1. The predicted molar refractivity (Wildman–Crippen MR) is 76.5 cm³/mol. The summed E-state index contributed by atoms with van der Waals surface area (Å²) in [5.74, 6) is 0. The van der Waals surface area contributed by atoms with Crippen molar-refractivity contribution in [1.29, 1.82) is 0 Å². The Morgan fingerprint density at radius 1 is 1.15 bits per heavy atom. The van der Waals surface area contributed by atoms with Gasteiger partial charge in [0.25, 0.3) is 0 Å². The number of ether oxygens (including phenoxy) is 1. The lowest BCUT2D eigenvalue weighted by Crippen LogP contribution is -2.12. The minimum Gasteiger partial charge on any atom is -0.444 e. The van der Waals surface area contributed by atoms with Gasteiger partial charge in [-0.1, -0.05) is 42.0 Å². The Morgan fingerprint density at radius 3 is 2.70 bits per heavy atom. The maximum Gasteiger partial charge on any atom is 0.420 e. The molecule has 0 saturated heterocycles. The normalized spacial score (nSPS) is 10.7. The molecule has 0 atom stereocenters. The van der Waals surface area contributed by atoms with Gasteiger partial charge in [-0.2, -0.15) is 0 Å². The van der Waals surface area contributed by atoms with Gasteiger partial charge in [0.1, 0.15) is 12.9 Å². The zero-order valence-corrected chi connectivity index (χ0v) is 11.1. The van der Waals surface area contributed by atoms with Gasteiger partial charge in [0.2, 0.25) is 0 Å². The monoisotopic (exact) mass is 266 g/mol. The predicted octanol–water partition coefficient (Wildman–Crippen LogP) is 3.53. The summed E-state index contributed by atoms with van der Waals surface area (Å²) in [6, 6.07) is 15.4. The Labute approximate surface area is 116 Å². The topological polar surface area (TPSA) is 44.1 Å². The highest BCUT2D eigenvalue weighted by Crippen LogP contribution is 2.13. The molecule has 0 aliphatic heterocycles. The molecule has 100 valence electrons. The van der Waals surface area contributed by atoms with Crippen LogP contribution in [0, 0.1) is 6.92 Å². The average Bonchev–Trinajstić information content (AvgIpc) is 2.90. The molecule has 0 amide bonds. The highest BCUT2D eigenvalue weighted by atomic mass is 16.5. The van der Waals surface area contributed by atoms with Gasteiger partial charge < -0.3 is 4.74 Å². The fraction of sp³-hybridized carbons (Fsp3) is 0.125. The first-order valence-electron chi connectivity index (χ1n) is 6.39. The molecule has 0 saturated carbocycles. The molecule has 0 N–H and O–H groups in total. The summed E-state index contributed by atoms with van der Waals surface area (Å²) in [7, 11) is 0. The summed E-state index contributed by atoms with van der Waals surface area (Å²) in [4.78, 5) is 16.2. The molecule has 20 heavy (non-hydrogen) atoms. The quantitative estimate of drug-likeness (QED) is 0.712. The van der Waals surface area contributed by atoms with Crippen LogP contribution < -0.4 is 0 Å². The van der Waals surface area contributed by atoms with E-state index in [0.29, 0.717) is 0 Å². The standard InChI is InChI=1S/C16H14N2O2/c1-12-6-8-13(9-7-12)10-20-16(19)18-11-17-14-4-2-3-5-15(14)18/h2-9,11H,10H2,1H3. The number of hydrogen-bond acceptors (Lipinski definition) is 3. The van der Waals surface area contributed by atoms with Crippen molar-refractivity contribution in [3.63, 3.8) is 0 Å². The van der Waals surface area contributed by atoms with Crippen molar-refractivity contribution in [3.8, 4) is 0 Å². The first kappa shape index (κ1) is 12.4. The molecule has 0 radical (unpaired) electrons. The maximum absolute atomic E-state index is 12.1. The van der Waals surface area contributed by atoms with Crippen LogP contribution in [-0.2, 0) is 11.3 Å². The van der Waals surface area contributed by atoms with E-state index < -0.39 is 6.09 Å². The Kier molecular flexibility index (Phi) is 3.21. The van der Waals surface area contributed by atoms with Crippen molar-refractivity contribution in [2.75, 3.05) is 0 Å². The molecule has 0 unspecified atom stereocenters. The van der Waals surface area contributed by atoms with Crippen molar-refractivity contribution in [2.45, 2.75) is 13.5 Å². The number of hydrogen-bond donors (Lipinski definition) is 0. The zero-order chi connectivity index (χ0) is 13.9. The third kappa shape index (κ3) is 2.40. The first-order valence-corrected chi connectivity index (χ1v) is 6.39. The van der Waals surface area contributed by atoms with Crippen LogP contribution in [0.1, 0.15) is 11.1 Å². The third-order valence-corrected chi connectivity index (χ3v) is 3.13. The van der Waals surface area contributed by atoms with Crippen LogP contribution in [0.25, 0.3) is 11.0 Å². The number of benzene rings is 2. The molecule has 1 heterocycles. The van der Waals surface area contributed by atoms with Gasteiger partial charge in [0.15, 0.2) is 0 Å². The van der Waals surface area contributed by atoms with Gasteiger partial charge in [0, 0.05) is 0 Å². The van der Waals surface area contributed by atoms with E-state index in [2.05, 4.69) is 4.98 Å². The SMILES string of the molecule is Cc1ccc(COC(=O)n2cnc3ccccc32)cc1. The van der Waals surface area contributed by atoms with Crippen LogP contribution in [0.2, 0.25) is 0 Å². The van der Waals surface area contributed by atoms with Crippen LogP contribution in [0.4, 0.5) is 4.79 Å². The van der Waals surface area contributed by atoms with E-state index in [-0.39, 0.29) is 6.61 Å². The van der Waals surface area contributed by atoms with E-state index in [1.165, 1.54) is 16.5 Å².